The molecule has 0 atom stereocenters. The number of rotatable bonds is 4. The molecule has 1 aliphatic rings. The zero-order valence-corrected chi connectivity index (χ0v) is 11.1. The molecule has 2 nitrogen and oxygen atoms in total. The van der Waals surface area contributed by atoms with E-state index in [1.165, 1.54) is 17.7 Å². The highest BCUT2D eigenvalue weighted by molar-refractivity contribution is 7.98. The second-order valence-corrected chi connectivity index (χ2v) is 5.45. The number of thioether (sulfide) groups is 1. The molecule has 0 spiro atoms. The molecule has 17 heavy (non-hydrogen) atoms. The van der Waals surface area contributed by atoms with Gasteiger partial charge in [-0.3, -0.25) is 4.79 Å². The van der Waals surface area contributed by atoms with Gasteiger partial charge in [-0.1, -0.05) is 25.0 Å². The lowest BCUT2D eigenvalue weighted by atomic mass is 10.1. The summed E-state index contributed by atoms with van der Waals surface area (Å²) in [5, 5.41) is 3.11. The number of hydrogen-bond donors (Lipinski definition) is 1. The Balaban J connectivity index is 1.84. The largest absolute Gasteiger partial charge is 0.353 e. The Hall–Kier alpha value is -0.960. The molecule has 1 aromatic carbocycles. The second kappa shape index (κ2) is 6.10. The van der Waals surface area contributed by atoms with E-state index in [-0.39, 0.29) is 5.91 Å². The Morgan fingerprint density at radius 1 is 1.29 bits per heavy atom. The van der Waals surface area contributed by atoms with Crippen LogP contribution in [0.15, 0.2) is 29.2 Å². The number of nitrogens with one attached hydrogen (secondary N) is 1. The van der Waals surface area contributed by atoms with Crippen molar-refractivity contribution in [1.82, 2.24) is 5.32 Å². The molecule has 1 N–H and O–H groups in total. The van der Waals surface area contributed by atoms with Crippen LogP contribution >= 0.6 is 11.8 Å². The quantitative estimate of drug-likeness (QED) is 0.831. The molecule has 2 rings (SSSR count). The maximum atomic E-state index is 11.8. The molecular weight excluding hydrogens is 230 g/mol. The third kappa shape index (κ3) is 3.77. The Morgan fingerprint density at radius 3 is 2.53 bits per heavy atom. The fraction of sp³-hybridized carbons (Fsp3) is 0.500. The number of benzene rings is 1. The average molecular weight is 249 g/mol. The maximum absolute atomic E-state index is 11.8. The molecule has 1 aromatic rings. The Kier molecular flexibility index (Phi) is 4.49. The van der Waals surface area contributed by atoms with Gasteiger partial charge in [-0.2, -0.15) is 0 Å². The number of carbonyl (C=O) groups is 1. The summed E-state index contributed by atoms with van der Waals surface area (Å²) in [6.45, 7) is 0. The zero-order chi connectivity index (χ0) is 12.1. The summed E-state index contributed by atoms with van der Waals surface area (Å²) < 4.78 is 0. The minimum atomic E-state index is 0.161. The van der Waals surface area contributed by atoms with E-state index in [1.807, 2.05) is 12.1 Å². The van der Waals surface area contributed by atoms with Crippen molar-refractivity contribution in [2.45, 2.75) is 43.0 Å². The maximum Gasteiger partial charge on any atom is 0.224 e. The smallest absolute Gasteiger partial charge is 0.224 e. The summed E-state index contributed by atoms with van der Waals surface area (Å²) in [6, 6.07) is 8.65. The van der Waals surface area contributed by atoms with Crippen molar-refractivity contribution in [3.05, 3.63) is 29.8 Å². The number of hydrogen-bond acceptors (Lipinski definition) is 2. The Morgan fingerprint density at radius 2 is 1.94 bits per heavy atom. The van der Waals surface area contributed by atoms with Gasteiger partial charge in [0.25, 0.3) is 0 Å². The van der Waals surface area contributed by atoms with Gasteiger partial charge in [0.05, 0.1) is 6.42 Å². The van der Waals surface area contributed by atoms with Crippen LogP contribution in [0.5, 0.6) is 0 Å². The predicted molar refractivity (Wildman–Crippen MR) is 72.3 cm³/mol. The van der Waals surface area contributed by atoms with E-state index in [0.717, 1.165) is 18.4 Å². The van der Waals surface area contributed by atoms with Crippen LogP contribution in [-0.2, 0) is 11.2 Å². The number of carbonyl (C=O) groups excluding carboxylic acids is 1. The van der Waals surface area contributed by atoms with Crippen molar-refractivity contribution < 1.29 is 4.79 Å². The minimum absolute atomic E-state index is 0.161. The normalized spacial score (nSPS) is 16.1. The fourth-order valence-electron chi connectivity index (χ4n) is 2.28. The SMILES string of the molecule is CSc1ccc(CC(=O)NC2CCCC2)cc1. The molecule has 0 aromatic heterocycles. The highest BCUT2D eigenvalue weighted by Gasteiger charge is 2.16. The lowest BCUT2D eigenvalue weighted by molar-refractivity contribution is -0.121. The van der Waals surface area contributed by atoms with E-state index in [2.05, 4.69) is 23.7 Å². The van der Waals surface area contributed by atoms with E-state index in [1.54, 1.807) is 11.8 Å². The molecule has 0 radical (unpaired) electrons. The highest BCUT2D eigenvalue weighted by Crippen LogP contribution is 2.18. The van der Waals surface area contributed by atoms with E-state index in [9.17, 15) is 4.79 Å². The van der Waals surface area contributed by atoms with Gasteiger partial charge < -0.3 is 5.32 Å². The summed E-state index contributed by atoms with van der Waals surface area (Å²) in [7, 11) is 0. The van der Waals surface area contributed by atoms with Gasteiger partial charge in [-0.15, -0.1) is 11.8 Å². The molecular formula is C14H19NOS. The summed E-state index contributed by atoms with van der Waals surface area (Å²) in [4.78, 5) is 13.0. The van der Waals surface area contributed by atoms with Crippen LogP contribution in [0.4, 0.5) is 0 Å². The Labute approximate surface area is 107 Å². The van der Waals surface area contributed by atoms with Gasteiger partial charge in [-0.25, -0.2) is 0 Å². The van der Waals surface area contributed by atoms with Gasteiger partial charge in [0.15, 0.2) is 0 Å². The van der Waals surface area contributed by atoms with Gasteiger partial charge in [-0.05, 0) is 36.8 Å². The van der Waals surface area contributed by atoms with Crippen LogP contribution < -0.4 is 5.32 Å². The molecule has 92 valence electrons. The molecule has 3 heteroatoms. The van der Waals surface area contributed by atoms with Crippen molar-refractivity contribution in [2.24, 2.45) is 0 Å². The molecule has 0 aliphatic heterocycles. The summed E-state index contributed by atoms with van der Waals surface area (Å²) in [5.74, 6) is 0.161. The van der Waals surface area contributed by atoms with Gasteiger partial charge >= 0.3 is 0 Å². The molecule has 0 bridgehead atoms. The zero-order valence-electron chi connectivity index (χ0n) is 10.2. The molecule has 1 fully saturated rings. The van der Waals surface area contributed by atoms with Crippen LogP contribution in [0, 0.1) is 0 Å². The van der Waals surface area contributed by atoms with Crippen LogP contribution in [0.3, 0.4) is 0 Å². The lowest BCUT2D eigenvalue weighted by Gasteiger charge is -2.11. The molecule has 0 saturated heterocycles. The summed E-state index contributed by atoms with van der Waals surface area (Å²) >= 11 is 1.72. The first kappa shape index (κ1) is 12.5. The monoisotopic (exact) mass is 249 g/mol. The first-order valence-electron chi connectivity index (χ1n) is 6.20. The third-order valence-corrected chi connectivity index (χ3v) is 3.99. The van der Waals surface area contributed by atoms with Crippen LogP contribution in [0.1, 0.15) is 31.2 Å². The van der Waals surface area contributed by atoms with Crippen LogP contribution in [0.2, 0.25) is 0 Å². The Bertz CT molecular complexity index is 368. The van der Waals surface area contributed by atoms with Gasteiger partial charge in [0, 0.05) is 10.9 Å². The van der Waals surface area contributed by atoms with Gasteiger partial charge in [0.1, 0.15) is 0 Å². The van der Waals surface area contributed by atoms with Crippen molar-refractivity contribution in [1.29, 1.82) is 0 Å². The molecule has 1 aliphatic carbocycles. The molecule has 1 amide bonds. The van der Waals surface area contributed by atoms with E-state index < -0.39 is 0 Å². The van der Waals surface area contributed by atoms with Crippen molar-refractivity contribution in [3.63, 3.8) is 0 Å². The van der Waals surface area contributed by atoms with E-state index in [0.29, 0.717) is 12.5 Å². The molecule has 0 unspecified atom stereocenters. The van der Waals surface area contributed by atoms with Crippen LogP contribution in [-0.4, -0.2) is 18.2 Å². The van der Waals surface area contributed by atoms with E-state index >= 15 is 0 Å². The minimum Gasteiger partial charge on any atom is -0.353 e. The van der Waals surface area contributed by atoms with Crippen molar-refractivity contribution >= 4 is 17.7 Å². The first-order chi connectivity index (χ1) is 8.28. The molecule has 0 heterocycles. The predicted octanol–water partition coefficient (Wildman–Crippen LogP) is 3.01. The van der Waals surface area contributed by atoms with Crippen molar-refractivity contribution in [2.75, 3.05) is 6.26 Å². The summed E-state index contributed by atoms with van der Waals surface area (Å²) in [5.41, 5.74) is 1.10. The van der Waals surface area contributed by atoms with Gasteiger partial charge in [0.2, 0.25) is 5.91 Å². The fourth-order valence-corrected chi connectivity index (χ4v) is 2.69. The van der Waals surface area contributed by atoms with Crippen LogP contribution in [0.25, 0.3) is 0 Å². The lowest BCUT2D eigenvalue weighted by Crippen LogP contribution is -2.33. The highest BCUT2D eigenvalue weighted by atomic mass is 32.2. The number of amides is 1. The van der Waals surface area contributed by atoms with E-state index in [4.69, 9.17) is 0 Å². The topological polar surface area (TPSA) is 29.1 Å². The molecule has 1 saturated carbocycles. The third-order valence-electron chi connectivity index (χ3n) is 3.24. The van der Waals surface area contributed by atoms with Crippen molar-refractivity contribution in [3.8, 4) is 0 Å². The second-order valence-electron chi connectivity index (χ2n) is 4.57. The standard InChI is InChI=1S/C14H19NOS/c1-17-13-8-6-11(7-9-13)10-14(16)15-12-4-2-3-5-12/h6-9,12H,2-5,10H2,1H3,(H,15,16). The first-order valence-corrected chi connectivity index (χ1v) is 7.42. The average Bonchev–Trinajstić information content (AvgIpc) is 2.82. The summed E-state index contributed by atoms with van der Waals surface area (Å²) in [6.07, 6.45) is 7.38.